The van der Waals surface area contributed by atoms with Gasteiger partial charge in [0, 0.05) is 31.4 Å². The summed E-state index contributed by atoms with van der Waals surface area (Å²) in [6.45, 7) is 7.17. The Morgan fingerprint density at radius 2 is 2.00 bits per heavy atom. The number of aliphatic carboxylic acids is 1. The third-order valence-electron chi connectivity index (χ3n) is 5.99. The predicted octanol–water partition coefficient (Wildman–Crippen LogP) is 6.36. The first-order valence-electron chi connectivity index (χ1n) is 11.5. The highest BCUT2D eigenvalue weighted by Gasteiger charge is 2.35. The van der Waals surface area contributed by atoms with Gasteiger partial charge in [-0.15, -0.1) is 11.3 Å². The number of carbonyl (C=O) groups is 1. The van der Waals surface area contributed by atoms with Gasteiger partial charge in [0.15, 0.2) is 0 Å². The molecule has 2 aromatic carbocycles. The molecular weight excluding hydrogens is 477 g/mol. The quantitative estimate of drug-likeness (QED) is 0.387. The van der Waals surface area contributed by atoms with E-state index in [9.17, 15) is 18.0 Å². The number of rotatable bonds is 8. The molecule has 0 unspecified atom stereocenters. The van der Waals surface area contributed by atoms with Gasteiger partial charge >= 0.3 is 12.1 Å². The molecular formula is C26H27F3N2O3S. The van der Waals surface area contributed by atoms with Gasteiger partial charge in [0.1, 0.15) is 10.8 Å². The number of ether oxygens (including phenoxy) is 1. The van der Waals surface area contributed by atoms with Crippen LogP contribution in [0.2, 0.25) is 0 Å². The van der Waals surface area contributed by atoms with Gasteiger partial charge in [-0.2, -0.15) is 13.2 Å². The molecule has 3 aromatic rings. The van der Waals surface area contributed by atoms with Crippen molar-refractivity contribution in [3.05, 3.63) is 59.3 Å². The van der Waals surface area contributed by atoms with Crippen molar-refractivity contribution in [1.82, 2.24) is 9.88 Å². The lowest BCUT2D eigenvalue weighted by atomic mass is 9.94. The normalized spacial score (nSPS) is 14.8. The minimum absolute atomic E-state index is 0.190. The SMILES string of the molecule is CCc1c(CN2CC(C(=O)O)C2)cccc1-c1cnc(-c2ccc(OC(C)C)c(C(F)(F)F)c2)s1. The van der Waals surface area contributed by atoms with E-state index in [1.54, 1.807) is 26.1 Å². The first kappa shape index (κ1) is 25.2. The molecule has 0 saturated carbocycles. The van der Waals surface area contributed by atoms with E-state index < -0.39 is 17.7 Å². The molecule has 0 spiro atoms. The van der Waals surface area contributed by atoms with Gasteiger partial charge in [-0.25, -0.2) is 4.98 Å². The van der Waals surface area contributed by atoms with E-state index in [4.69, 9.17) is 9.84 Å². The second kappa shape index (κ2) is 9.99. The van der Waals surface area contributed by atoms with Gasteiger partial charge in [-0.3, -0.25) is 9.69 Å². The van der Waals surface area contributed by atoms with Crippen molar-refractivity contribution in [2.24, 2.45) is 5.92 Å². The molecule has 1 fully saturated rings. The number of alkyl halides is 3. The monoisotopic (exact) mass is 504 g/mol. The molecule has 35 heavy (non-hydrogen) atoms. The Balaban J connectivity index is 1.62. The van der Waals surface area contributed by atoms with E-state index in [0.717, 1.165) is 34.1 Å². The first-order valence-corrected chi connectivity index (χ1v) is 12.3. The molecule has 0 atom stereocenters. The Kier molecular flexibility index (Phi) is 7.19. The van der Waals surface area contributed by atoms with E-state index in [0.29, 0.717) is 30.2 Å². The molecule has 1 saturated heterocycles. The number of thiazole rings is 1. The zero-order valence-corrected chi connectivity index (χ0v) is 20.5. The van der Waals surface area contributed by atoms with Crippen molar-refractivity contribution in [2.75, 3.05) is 13.1 Å². The number of aromatic nitrogens is 1. The summed E-state index contributed by atoms with van der Waals surface area (Å²) >= 11 is 1.35. The van der Waals surface area contributed by atoms with Crippen LogP contribution >= 0.6 is 11.3 Å². The Morgan fingerprint density at radius 3 is 2.63 bits per heavy atom. The number of hydrogen-bond donors (Lipinski definition) is 1. The van der Waals surface area contributed by atoms with E-state index >= 15 is 0 Å². The standard InChI is InChI=1S/C26H27F3N2O3S/c1-4-19-17(12-31-13-18(14-31)25(32)33)6-5-7-20(19)23-11-30-24(35-23)16-8-9-22(34-15(2)3)21(10-16)26(27,28)29/h5-11,15,18H,4,12-14H2,1-3H3,(H,32,33). The van der Waals surface area contributed by atoms with Crippen LogP contribution in [-0.4, -0.2) is 40.2 Å². The fraction of sp³-hybridized carbons (Fsp3) is 0.385. The predicted molar refractivity (Wildman–Crippen MR) is 130 cm³/mol. The number of nitrogens with zero attached hydrogens (tertiary/aromatic N) is 2. The Morgan fingerprint density at radius 1 is 1.26 bits per heavy atom. The Labute approximate surface area is 206 Å². The van der Waals surface area contributed by atoms with Crippen LogP contribution in [-0.2, 0) is 23.9 Å². The van der Waals surface area contributed by atoms with Gasteiger partial charge in [-0.05, 0) is 55.2 Å². The second-order valence-electron chi connectivity index (χ2n) is 8.93. The average molecular weight is 505 g/mol. The summed E-state index contributed by atoms with van der Waals surface area (Å²) in [7, 11) is 0. The number of carboxylic acids is 1. The third kappa shape index (κ3) is 5.51. The molecule has 1 aliphatic rings. The Hall–Kier alpha value is -2.91. The van der Waals surface area contributed by atoms with Crippen LogP contribution in [0.15, 0.2) is 42.6 Å². The van der Waals surface area contributed by atoms with E-state index in [2.05, 4.69) is 16.8 Å². The van der Waals surface area contributed by atoms with Gasteiger partial charge in [0.05, 0.1) is 22.5 Å². The van der Waals surface area contributed by atoms with E-state index in [-0.39, 0.29) is 17.8 Å². The summed E-state index contributed by atoms with van der Waals surface area (Å²) in [5.41, 5.74) is 2.83. The average Bonchev–Trinajstić information content (AvgIpc) is 3.24. The molecule has 9 heteroatoms. The topological polar surface area (TPSA) is 62.7 Å². The highest BCUT2D eigenvalue weighted by atomic mass is 32.1. The van der Waals surface area contributed by atoms with Crippen LogP contribution in [0.3, 0.4) is 0 Å². The molecule has 0 bridgehead atoms. The molecule has 1 aromatic heterocycles. The fourth-order valence-electron chi connectivity index (χ4n) is 4.30. The molecule has 1 N–H and O–H groups in total. The maximum Gasteiger partial charge on any atom is 0.419 e. The minimum Gasteiger partial charge on any atom is -0.490 e. The van der Waals surface area contributed by atoms with Crippen molar-refractivity contribution in [1.29, 1.82) is 0 Å². The number of carboxylic acid groups (broad SMARTS) is 1. The number of likely N-dealkylation sites (tertiary alicyclic amines) is 1. The molecule has 1 aliphatic heterocycles. The van der Waals surface area contributed by atoms with Crippen molar-refractivity contribution >= 4 is 17.3 Å². The zero-order chi connectivity index (χ0) is 25.3. The summed E-state index contributed by atoms with van der Waals surface area (Å²) in [6, 6.07) is 10.1. The molecule has 4 rings (SSSR count). The lowest BCUT2D eigenvalue weighted by molar-refractivity contribution is -0.147. The number of hydrogen-bond acceptors (Lipinski definition) is 5. The van der Waals surface area contributed by atoms with Gasteiger partial charge in [-0.1, -0.05) is 25.1 Å². The molecule has 0 radical (unpaired) electrons. The zero-order valence-electron chi connectivity index (χ0n) is 19.7. The molecule has 186 valence electrons. The number of halogens is 3. The smallest absolute Gasteiger partial charge is 0.419 e. The molecule has 0 aliphatic carbocycles. The lowest BCUT2D eigenvalue weighted by Gasteiger charge is -2.37. The van der Waals surface area contributed by atoms with E-state index in [1.165, 1.54) is 17.4 Å². The van der Waals surface area contributed by atoms with Crippen LogP contribution in [0.4, 0.5) is 13.2 Å². The first-order chi connectivity index (χ1) is 16.6. The van der Waals surface area contributed by atoms with Crippen LogP contribution in [0.25, 0.3) is 21.0 Å². The summed E-state index contributed by atoms with van der Waals surface area (Å²) in [5, 5.41) is 9.62. The number of benzene rings is 2. The summed E-state index contributed by atoms with van der Waals surface area (Å²) in [5.74, 6) is -1.27. The maximum absolute atomic E-state index is 13.7. The summed E-state index contributed by atoms with van der Waals surface area (Å²) in [6.07, 6.45) is -2.44. The molecule has 5 nitrogen and oxygen atoms in total. The molecule has 0 amide bonds. The van der Waals surface area contributed by atoms with Crippen molar-refractivity contribution in [3.63, 3.8) is 0 Å². The largest absolute Gasteiger partial charge is 0.490 e. The highest BCUT2D eigenvalue weighted by molar-refractivity contribution is 7.18. The molecule has 2 heterocycles. The van der Waals surface area contributed by atoms with Gasteiger partial charge < -0.3 is 9.84 Å². The van der Waals surface area contributed by atoms with Crippen molar-refractivity contribution in [3.8, 4) is 26.8 Å². The summed E-state index contributed by atoms with van der Waals surface area (Å²) in [4.78, 5) is 18.5. The maximum atomic E-state index is 13.7. The third-order valence-corrected chi connectivity index (χ3v) is 7.07. The van der Waals surface area contributed by atoms with Crippen LogP contribution in [0, 0.1) is 5.92 Å². The summed E-state index contributed by atoms with van der Waals surface area (Å²) < 4.78 is 46.4. The van der Waals surface area contributed by atoms with E-state index in [1.807, 2.05) is 18.2 Å². The van der Waals surface area contributed by atoms with Crippen LogP contribution < -0.4 is 4.74 Å². The van der Waals surface area contributed by atoms with Crippen LogP contribution in [0.1, 0.15) is 37.5 Å². The minimum atomic E-state index is -4.54. The highest BCUT2D eigenvalue weighted by Crippen LogP contribution is 2.41. The van der Waals surface area contributed by atoms with Gasteiger partial charge in [0.25, 0.3) is 0 Å². The second-order valence-corrected chi connectivity index (χ2v) is 9.96. The van der Waals surface area contributed by atoms with Crippen molar-refractivity contribution < 1.29 is 27.8 Å². The van der Waals surface area contributed by atoms with Crippen molar-refractivity contribution in [2.45, 2.75) is 46.0 Å². The van der Waals surface area contributed by atoms with Crippen LogP contribution in [0.5, 0.6) is 5.75 Å². The Bertz CT molecular complexity index is 1220. The fourth-order valence-corrected chi connectivity index (χ4v) is 5.27. The van der Waals surface area contributed by atoms with Gasteiger partial charge in [0.2, 0.25) is 0 Å². The lowest BCUT2D eigenvalue weighted by Crippen LogP contribution is -2.49.